The number of nitrogens with two attached hydrogens (primary N) is 1. The summed E-state index contributed by atoms with van der Waals surface area (Å²) >= 11 is 1.64. The highest BCUT2D eigenvalue weighted by molar-refractivity contribution is 7.98. The van der Waals surface area contributed by atoms with E-state index >= 15 is 0 Å². The van der Waals surface area contributed by atoms with Crippen LogP contribution in [0.4, 0.5) is 0 Å². The third kappa shape index (κ3) is 4.55. The lowest BCUT2D eigenvalue weighted by Crippen LogP contribution is -2.43. The zero-order valence-corrected chi connectivity index (χ0v) is 18.3. The second-order valence-electron chi connectivity index (χ2n) is 7.88. The maximum absolute atomic E-state index is 13.0. The lowest BCUT2D eigenvalue weighted by atomic mass is 10.1. The van der Waals surface area contributed by atoms with Gasteiger partial charge >= 0.3 is 0 Å². The average Bonchev–Trinajstić information content (AvgIpc) is 3.38. The molecule has 2 N–H and O–H groups in total. The van der Waals surface area contributed by atoms with Crippen molar-refractivity contribution in [3.63, 3.8) is 0 Å². The Morgan fingerprint density at radius 2 is 1.78 bits per heavy atom. The maximum atomic E-state index is 13.0. The van der Waals surface area contributed by atoms with Gasteiger partial charge < -0.3 is 15.5 Å². The van der Waals surface area contributed by atoms with Crippen LogP contribution in [0.5, 0.6) is 0 Å². The smallest absolute Gasteiger partial charge is 0.254 e. The van der Waals surface area contributed by atoms with E-state index in [1.165, 1.54) is 16.5 Å². The van der Waals surface area contributed by atoms with Crippen molar-refractivity contribution in [1.82, 2.24) is 9.80 Å². The van der Waals surface area contributed by atoms with Crippen molar-refractivity contribution < 1.29 is 19.2 Å². The Hall–Kier alpha value is -3.13. The second-order valence-corrected chi connectivity index (χ2v) is 8.91. The van der Waals surface area contributed by atoms with Gasteiger partial charge in [0.1, 0.15) is 6.04 Å². The van der Waals surface area contributed by atoms with Crippen LogP contribution in [0, 0.1) is 6.42 Å². The van der Waals surface area contributed by atoms with Crippen molar-refractivity contribution >= 4 is 35.3 Å². The maximum Gasteiger partial charge on any atom is 0.254 e. The summed E-state index contributed by atoms with van der Waals surface area (Å²) in [6, 6.07) is 15.2. The number of ketones is 1. The number of hydrogen-bond donors (Lipinski definition) is 1. The summed E-state index contributed by atoms with van der Waals surface area (Å²) in [5.74, 6) is 0.113. The quantitative estimate of drug-likeness (QED) is 0.650. The molecule has 4 rings (SSSR count). The van der Waals surface area contributed by atoms with Crippen LogP contribution in [0.15, 0.2) is 54.6 Å². The molecule has 2 atom stereocenters. The van der Waals surface area contributed by atoms with E-state index in [0.29, 0.717) is 24.3 Å². The van der Waals surface area contributed by atoms with Crippen LogP contribution in [0.1, 0.15) is 32.7 Å². The van der Waals surface area contributed by atoms with Crippen LogP contribution >= 0.6 is 11.8 Å². The van der Waals surface area contributed by atoms with Crippen LogP contribution in [-0.2, 0) is 15.3 Å². The highest BCUT2D eigenvalue weighted by atomic mass is 32.2. The van der Waals surface area contributed by atoms with Crippen LogP contribution in [0.2, 0.25) is 0 Å². The minimum atomic E-state index is -0.617. The zero-order chi connectivity index (χ0) is 22.7. The molecule has 7 nitrogen and oxygen atoms in total. The van der Waals surface area contributed by atoms with Gasteiger partial charge in [-0.2, -0.15) is 11.8 Å². The summed E-state index contributed by atoms with van der Waals surface area (Å²) in [7, 11) is 0. The molecule has 2 aromatic rings. The van der Waals surface area contributed by atoms with Crippen molar-refractivity contribution in [1.29, 1.82) is 0 Å². The topological polar surface area (TPSA) is 101 Å². The van der Waals surface area contributed by atoms with Gasteiger partial charge in [-0.15, -0.1) is 0 Å². The highest BCUT2D eigenvalue weighted by Gasteiger charge is 2.51. The van der Waals surface area contributed by atoms with Gasteiger partial charge in [-0.05, 0) is 30.2 Å². The standard InChI is InChI=1S/C24H24N3O4S/c25-23(30)17-7-4-8-18(13-17)24(31)27-14-20(28)22-19(27)9-11-26(22)21(29)10-12-32-15-16-5-2-1-3-6-16/h1-8,10,13,19,22H,9,11-12,14-15H2,(H2,25,30). The molecule has 2 aliphatic rings. The summed E-state index contributed by atoms with van der Waals surface area (Å²) in [6.45, 7) is 0.395. The predicted octanol–water partition coefficient (Wildman–Crippen LogP) is 1.92. The molecule has 1 radical (unpaired) electrons. The number of hydrogen-bond acceptors (Lipinski definition) is 5. The number of likely N-dealkylation sites (tertiary alicyclic amines) is 2. The fourth-order valence-corrected chi connectivity index (χ4v) is 5.12. The Labute approximate surface area is 190 Å². The van der Waals surface area contributed by atoms with E-state index in [2.05, 4.69) is 0 Å². The number of fused-ring (bicyclic) bond motifs is 1. The molecule has 0 bridgehead atoms. The molecule has 0 aliphatic carbocycles. The first-order chi connectivity index (χ1) is 15.5. The molecule has 2 fully saturated rings. The van der Waals surface area contributed by atoms with Gasteiger partial charge in [-0.1, -0.05) is 36.4 Å². The third-order valence-corrected chi connectivity index (χ3v) is 6.79. The van der Waals surface area contributed by atoms with Crippen molar-refractivity contribution in [2.45, 2.75) is 24.3 Å². The van der Waals surface area contributed by atoms with E-state index in [4.69, 9.17) is 5.73 Å². The van der Waals surface area contributed by atoms with E-state index in [-0.39, 0.29) is 35.7 Å². The molecule has 165 valence electrons. The SMILES string of the molecule is NC(=O)c1cccc(C(=O)N2CC(=O)C3C2CCN3C(=O)[CH]CSCc2ccccc2)c1. The Bertz CT molecular complexity index is 1040. The molecule has 2 aliphatic heterocycles. The summed E-state index contributed by atoms with van der Waals surface area (Å²) in [6.07, 6.45) is 2.17. The Kier molecular flexibility index (Phi) is 6.60. The number of nitrogens with zero attached hydrogens (tertiary/aromatic N) is 2. The molecular weight excluding hydrogens is 426 g/mol. The van der Waals surface area contributed by atoms with Crippen LogP contribution in [0.3, 0.4) is 0 Å². The minimum absolute atomic E-state index is 0.0402. The first kappa shape index (κ1) is 22.1. The molecule has 32 heavy (non-hydrogen) atoms. The number of Topliss-reactive ketones (excluding diaryl/α,β-unsaturated/α-hetero) is 1. The number of thioether (sulfide) groups is 1. The number of amides is 3. The summed E-state index contributed by atoms with van der Waals surface area (Å²) in [5, 5.41) is 0. The van der Waals surface area contributed by atoms with Crippen molar-refractivity contribution in [2.75, 3.05) is 18.8 Å². The normalized spacial score (nSPS) is 19.8. The first-order valence-corrected chi connectivity index (χ1v) is 11.6. The minimum Gasteiger partial charge on any atom is -0.366 e. The van der Waals surface area contributed by atoms with Crippen molar-refractivity contribution in [2.24, 2.45) is 5.73 Å². The third-order valence-electron chi connectivity index (χ3n) is 5.85. The van der Waals surface area contributed by atoms with E-state index in [1.807, 2.05) is 30.3 Å². The second kappa shape index (κ2) is 9.56. The number of carbonyl (C=O) groups is 4. The largest absolute Gasteiger partial charge is 0.366 e. The summed E-state index contributed by atoms with van der Waals surface area (Å²) in [5.41, 5.74) is 7.05. The fourth-order valence-electron chi connectivity index (χ4n) is 4.31. The lowest BCUT2D eigenvalue weighted by Gasteiger charge is -2.24. The van der Waals surface area contributed by atoms with Gasteiger partial charge in [0.25, 0.3) is 5.91 Å². The van der Waals surface area contributed by atoms with Gasteiger partial charge in [0.15, 0.2) is 5.78 Å². The molecule has 2 unspecified atom stereocenters. The van der Waals surface area contributed by atoms with Crippen LogP contribution < -0.4 is 5.73 Å². The lowest BCUT2D eigenvalue weighted by molar-refractivity contribution is -0.133. The van der Waals surface area contributed by atoms with Gasteiger partial charge in [0.05, 0.1) is 19.0 Å². The van der Waals surface area contributed by atoms with Gasteiger partial charge in [-0.3, -0.25) is 19.2 Å². The molecule has 0 saturated carbocycles. The highest BCUT2D eigenvalue weighted by Crippen LogP contribution is 2.31. The van der Waals surface area contributed by atoms with Crippen LogP contribution in [0.25, 0.3) is 0 Å². The average molecular weight is 451 g/mol. The van der Waals surface area contributed by atoms with Gasteiger partial charge in [0.2, 0.25) is 11.8 Å². The number of primary amides is 1. The number of rotatable bonds is 7. The molecule has 2 saturated heterocycles. The number of carbonyl (C=O) groups excluding carboxylic acids is 4. The van der Waals surface area contributed by atoms with E-state index < -0.39 is 11.9 Å². The Morgan fingerprint density at radius 1 is 1.03 bits per heavy atom. The van der Waals surface area contributed by atoms with Gasteiger partial charge in [0, 0.05) is 29.2 Å². The fraction of sp³-hybridized carbons (Fsp3) is 0.292. The Balaban J connectivity index is 1.36. The van der Waals surface area contributed by atoms with Crippen molar-refractivity contribution in [3.05, 3.63) is 77.7 Å². The molecule has 2 heterocycles. The van der Waals surface area contributed by atoms with Gasteiger partial charge in [-0.25, -0.2) is 0 Å². The molecular formula is C24H24N3O4S. The predicted molar refractivity (Wildman–Crippen MR) is 122 cm³/mol. The zero-order valence-electron chi connectivity index (χ0n) is 17.5. The molecule has 2 aromatic carbocycles. The molecule has 0 spiro atoms. The molecule has 3 amide bonds. The van der Waals surface area contributed by atoms with E-state index in [1.54, 1.807) is 41.3 Å². The molecule has 0 aromatic heterocycles. The van der Waals surface area contributed by atoms with Crippen molar-refractivity contribution in [3.8, 4) is 0 Å². The van der Waals surface area contributed by atoms with E-state index in [0.717, 1.165) is 5.75 Å². The van der Waals surface area contributed by atoms with Crippen LogP contribution in [-0.4, -0.2) is 64.2 Å². The number of benzene rings is 2. The monoisotopic (exact) mass is 450 g/mol. The summed E-state index contributed by atoms with van der Waals surface area (Å²) in [4.78, 5) is 53.1. The molecule has 8 heteroatoms. The summed E-state index contributed by atoms with van der Waals surface area (Å²) < 4.78 is 0. The Morgan fingerprint density at radius 3 is 2.53 bits per heavy atom. The van der Waals surface area contributed by atoms with E-state index in [9.17, 15) is 19.2 Å². The first-order valence-electron chi connectivity index (χ1n) is 10.4.